The molecule has 0 radical (unpaired) electrons. The molecule has 0 N–H and O–H groups in total. The van der Waals surface area contributed by atoms with Gasteiger partial charge in [-0.15, -0.1) is 11.8 Å². The lowest BCUT2D eigenvalue weighted by Gasteiger charge is -2.15. The summed E-state index contributed by atoms with van der Waals surface area (Å²) in [6.45, 7) is 10.0. The van der Waals surface area contributed by atoms with Crippen LogP contribution in [0.1, 0.15) is 39.7 Å². The first kappa shape index (κ1) is 20.5. The maximum atomic E-state index is 12.9. The summed E-state index contributed by atoms with van der Waals surface area (Å²) in [7, 11) is 0. The van der Waals surface area contributed by atoms with Crippen molar-refractivity contribution in [3.8, 4) is 5.75 Å². The van der Waals surface area contributed by atoms with Gasteiger partial charge in [0.15, 0.2) is 0 Å². The summed E-state index contributed by atoms with van der Waals surface area (Å²) >= 11 is 1.44. The van der Waals surface area contributed by atoms with E-state index >= 15 is 0 Å². The summed E-state index contributed by atoms with van der Waals surface area (Å²) in [6.07, 6.45) is 0.640. The Balaban J connectivity index is 2.27. The number of benzene rings is 1. The maximum Gasteiger partial charge on any atom is 0.267 e. The number of hydrogen-bond acceptors (Lipinski definition) is 5. The highest BCUT2D eigenvalue weighted by molar-refractivity contribution is 8.04. The van der Waals surface area contributed by atoms with Gasteiger partial charge in [-0.3, -0.25) is 14.5 Å². The molecular weight excluding hydrogens is 350 g/mol. The largest absolute Gasteiger partial charge is 0.494 e. The summed E-state index contributed by atoms with van der Waals surface area (Å²) < 4.78 is 10.8. The van der Waals surface area contributed by atoms with E-state index in [1.807, 2.05) is 52.0 Å². The molecule has 2 rings (SSSR count). The Morgan fingerprint density at radius 3 is 2.31 bits per heavy atom. The Hall–Kier alpha value is -1.79. The van der Waals surface area contributed by atoms with Gasteiger partial charge in [-0.25, -0.2) is 0 Å². The van der Waals surface area contributed by atoms with E-state index in [9.17, 15) is 9.59 Å². The second-order valence-corrected chi connectivity index (χ2v) is 7.73. The molecular formula is C20H27NO4S. The molecule has 1 heterocycles. The third-order valence-electron chi connectivity index (χ3n) is 3.81. The first-order valence-corrected chi connectivity index (χ1v) is 9.95. The van der Waals surface area contributed by atoms with Crippen LogP contribution >= 0.6 is 11.8 Å². The predicted molar refractivity (Wildman–Crippen MR) is 105 cm³/mol. The standard InChI is InChI=1S/C20H27NO4S/c1-5-24-13-7-12-21-19(22)17(18(20(21)23)26-14(3)4)15-8-10-16(11-9-15)25-6-2/h8-11,14H,5-7,12-13H2,1-4H3. The Morgan fingerprint density at radius 1 is 1.04 bits per heavy atom. The molecule has 0 aliphatic carbocycles. The highest BCUT2D eigenvalue weighted by atomic mass is 32.2. The summed E-state index contributed by atoms with van der Waals surface area (Å²) in [4.78, 5) is 27.6. The number of carbonyl (C=O) groups excluding carboxylic acids is 2. The molecule has 1 aromatic rings. The zero-order valence-corrected chi connectivity index (χ0v) is 16.7. The minimum atomic E-state index is -0.223. The molecule has 26 heavy (non-hydrogen) atoms. The van der Waals surface area contributed by atoms with Gasteiger partial charge in [0.25, 0.3) is 11.8 Å². The fraction of sp³-hybridized carbons (Fsp3) is 0.500. The fourth-order valence-electron chi connectivity index (χ4n) is 2.71. The lowest BCUT2D eigenvalue weighted by Crippen LogP contribution is -2.33. The predicted octanol–water partition coefficient (Wildman–Crippen LogP) is 3.73. The number of hydrogen-bond donors (Lipinski definition) is 0. The molecule has 142 valence electrons. The zero-order valence-electron chi connectivity index (χ0n) is 15.9. The lowest BCUT2D eigenvalue weighted by molar-refractivity contribution is -0.136. The summed E-state index contributed by atoms with van der Waals surface area (Å²) in [6, 6.07) is 7.35. The first-order chi connectivity index (χ1) is 12.5. The molecule has 0 spiro atoms. The van der Waals surface area contributed by atoms with Crippen LogP contribution in [0.5, 0.6) is 5.75 Å². The molecule has 0 unspecified atom stereocenters. The number of amides is 2. The molecule has 5 nitrogen and oxygen atoms in total. The van der Waals surface area contributed by atoms with Crippen molar-refractivity contribution in [3.63, 3.8) is 0 Å². The fourth-order valence-corrected chi connectivity index (χ4v) is 3.72. The molecule has 0 atom stereocenters. The van der Waals surface area contributed by atoms with Crippen LogP contribution in [0.25, 0.3) is 5.57 Å². The van der Waals surface area contributed by atoms with Crippen LogP contribution in [0.2, 0.25) is 0 Å². The van der Waals surface area contributed by atoms with Crippen molar-refractivity contribution in [2.75, 3.05) is 26.4 Å². The smallest absolute Gasteiger partial charge is 0.267 e. The van der Waals surface area contributed by atoms with Gasteiger partial charge in [-0.05, 0) is 38.0 Å². The third-order valence-corrected chi connectivity index (χ3v) is 4.89. The van der Waals surface area contributed by atoms with Crippen LogP contribution in [-0.4, -0.2) is 48.3 Å². The maximum absolute atomic E-state index is 12.9. The highest BCUT2D eigenvalue weighted by Gasteiger charge is 2.39. The van der Waals surface area contributed by atoms with E-state index in [1.165, 1.54) is 16.7 Å². The quantitative estimate of drug-likeness (QED) is 0.459. The van der Waals surface area contributed by atoms with Gasteiger partial charge in [-0.1, -0.05) is 26.0 Å². The second kappa shape index (κ2) is 9.78. The minimum Gasteiger partial charge on any atom is -0.494 e. The molecule has 1 aliphatic heterocycles. The molecule has 0 bridgehead atoms. The lowest BCUT2D eigenvalue weighted by atomic mass is 10.1. The van der Waals surface area contributed by atoms with Gasteiger partial charge in [-0.2, -0.15) is 0 Å². The van der Waals surface area contributed by atoms with E-state index in [0.717, 1.165) is 11.3 Å². The van der Waals surface area contributed by atoms with Crippen molar-refractivity contribution in [1.82, 2.24) is 4.90 Å². The molecule has 2 amide bonds. The van der Waals surface area contributed by atoms with Crippen molar-refractivity contribution >= 4 is 29.1 Å². The number of ether oxygens (including phenoxy) is 2. The first-order valence-electron chi connectivity index (χ1n) is 9.07. The Bertz CT molecular complexity index is 667. The van der Waals surface area contributed by atoms with Gasteiger partial charge in [0.05, 0.1) is 17.1 Å². The Morgan fingerprint density at radius 2 is 1.73 bits per heavy atom. The molecule has 0 saturated heterocycles. The van der Waals surface area contributed by atoms with E-state index in [-0.39, 0.29) is 17.1 Å². The van der Waals surface area contributed by atoms with Crippen LogP contribution in [0.4, 0.5) is 0 Å². The van der Waals surface area contributed by atoms with Crippen LogP contribution in [0.3, 0.4) is 0 Å². The SMILES string of the molecule is CCOCCCN1C(=O)C(SC(C)C)=C(c2ccc(OCC)cc2)C1=O. The number of carbonyl (C=O) groups is 2. The van der Waals surface area contributed by atoms with Crippen LogP contribution in [0, 0.1) is 0 Å². The van der Waals surface area contributed by atoms with Gasteiger partial charge >= 0.3 is 0 Å². The monoisotopic (exact) mass is 377 g/mol. The Kier molecular flexibility index (Phi) is 7.72. The number of nitrogens with zero attached hydrogens (tertiary/aromatic N) is 1. The van der Waals surface area contributed by atoms with Crippen LogP contribution in [0.15, 0.2) is 29.2 Å². The molecule has 1 aliphatic rings. The van der Waals surface area contributed by atoms with E-state index in [4.69, 9.17) is 9.47 Å². The minimum absolute atomic E-state index is 0.200. The van der Waals surface area contributed by atoms with Gasteiger partial charge < -0.3 is 9.47 Å². The molecule has 0 saturated carbocycles. The van der Waals surface area contributed by atoms with Gasteiger partial charge in [0.2, 0.25) is 0 Å². The van der Waals surface area contributed by atoms with Crippen LogP contribution < -0.4 is 4.74 Å². The average Bonchev–Trinajstić information content (AvgIpc) is 2.83. The average molecular weight is 378 g/mol. The molecule has 1 aromatic carbocycles. The van der Waals surface area contributed by atoms with E-state index in [2.05, 4.69) is 0 Å². The molecule has 6 heteroatoms. The topological polar surface area (TPSA) is 55.8 Å². The highest BCUT2D eigenvalue weighted by Crippen LogP contribution is 2.38. The molecule has 0 aromatic heterocycles. The summed E-state index contributed by atoms with van der Waals surface area (Å²) in [5.41, 5.74) is 1.25. The van der Waals surface area contributed by atoms with E-state index in [1.54, 1.807) is 0 Å². The van der Waals surface area contributed by atoms with Crippen molar-refractivity contribution in [3.05, 3.63) is 34.7 Å². The number of rotatable bonds is 10. The second-order valence-electron chi connectivity index (χ2n) is 6.14. The third kappa shape index (κ3) is 4.89. The van der Waals surface area contributed by atoms with Crippen molar-refractivity contribution < 1.29 is 19.1 Å². The summed E-state index contributed by atoms with van der Waals surface area (Å²) in [5, 5.41) is 0.211. The van der Waals surface area contributed by atoms with Crippen molar-refractivity contribution in [1.29, 1.82) is 0 Å². The van der Waals surface area contributed by atoms with Crippen molar-refractivity contribution in [2.24, 2.45) is 0 Å². The van der Waals surface area contributed by atoms with Crippen molar-refractivity contribution in [2.45, 2.75) is 39.4 Å². The summed E-state index contributed by atoms with van der Waals surface area (Å²) in [5.74, 6) is 0.327. The number of thioether (sulfide) groups is 1. The number of imide groups is 1. The van der Waals surface area contributed by atoms with Gasteiger partial charge in [0.1, 0.15) is 5.75 Å². The van der Waals surface area contributed by atoms with Gasteiger partial charge in [0, 0.05) is 25.0 Å². The normalized spacial score (nSPS) is 14.7. The van der Waals surface area contributed by atoms with Crippen LogP contribution in [-0.2, 0) is 14.3 Å². The molecule has 0 fully saturated rings. The van der Waals surface area contributed by atoms with E-state index < -0.39 is 0 Å². The zero-order chi connectivity index (χ0) is 19.1. The Labute approximate surface area is 159 Å². The van der Waals surface area contributed by atoms with E-state index in [0.29, 0.717) is 43.3 Å².